The van der Waals surface area contributed by atoms with Gasteiger partial charge in [-0.05, 0) is 43.2 Å². The van der Waals surface area contributed by atoms with Crippen LogP contribution in [0.1, 0.15) is 19.3 Å². The molecule has 1 heterocycles. The van der Waals surface area contributed by atoms with Gasteiger partial charge in [-0.25, -0.2) is 9.18 Å². The van der Waals surface area contributed by atoms with E-state index in [1.807, 2.05) is 4.90 Å². The molecule has 1 N–H and O–H groups in total. The maximum atomic E-state index is 13.3. The largest absolute Gasteiger partial charge is 0.494 e. The van der Waals surface area contributed by atoms with E-state index in [-0.39, 0.29) is 11.8 Å². The van der Waals surface area contributed by atoms with Crippen LogP contribution in [0.25, 0.3) is 0 Å². The molecule has 1 aromatic rings. The number of carbonyl (C=O) groups is 1. The molecule has 1 saturated heterocycles. The summed E-state index contributed by atoms with van der Waals surface area (Å²) >= 11 is 0. The third kappa shape index (κ3) is 3.01. The molecule has 130 valence electrons. The van der Waals surface area contributed by atoms with Gasteiger partial charge in [-0.2, -0.15) is 0 Å². The van der Waals surface area contributed by atoms with Crippen molar-refractivity contribution in [3.05, 3.63) is 24.0 Å². The zero-order chi connectivity index (χ0) is 16.7. The number of rotatable bonds is 3. The van der Waals surface area contributed by atoms with Crippen molar-refractivity contribution in [2.75, 3.05) is 38.2 Å². The number of nitrogens with one attached hydrogen (secondary N) is 1. The summed E-state index contributed by atoms with van der Waals surface area (Å²) in [5.41, 5.74) is 0.884. The quantitative estimate of drug-likeness (QED) is 0.924. The average molecular weight is 333 g/mol. The summed E-state index contributed by atoms with van der Waals surface area (Å²) in [5, 5.41) is 3.19. The Morgan fingerprint density at radius 3 is 2.54 bits per heavy atom. The van der Waals surface area contributed by atoms with Gasteiger partial charge in [0.25, 0.3) is 0 Å². The van der Waals surface area contributed by atoms with Gasteiger partial charge in [-0.3, -0.25) is 0 Å². The maximum absolute atomic E-state index is 13.3. The van der Waals surface area contributed by atoms with E-state index in [1.165, 1.54) is 18.6 Å². The van der Waals surface area contributed by atoms with Crippen molar-refractivity contribution in [1.82, 2.24) is 10.2 Å². The molecule has 2 amide bonds. The average Bonchev–Trinajstić information content (AvgIpc) is 3.21. The summed E-state index contributed by atoms with van der Waals surface area (Å²) in [4.78, 5) is 16.4. The molecule has 1 aliphatic heterocycles. The number of ether oxygens (including phenoxy) is 1. The number of fused-ring (bicyclic) bond motifs is 1. The van der Waals surface area contributed by atoms with Crippen LogP contribution in [0.4, 0.5) is 14.9 Å². The number of anilines is 1. The van der Waals surface area contributed by atoms with E-state index in [0.717, 1.165) is 43.5 Å². The number of methoxy groups -OCH3 is 1. The second-order valence-electron chi connectivity index (χ2n) is 7.16. The molecule has 3 fully saturated rings. The van der Waals surface area contributed by atoms with Crippen molar-refractivity contribution >= 4 is 11.7 Å². The standard InChI is InChI=1S/C18H24FN3O2/c1-24-17-11-14(19)2-3-16(17)21-4-6-22(7-5-21)18(23)20-15-9-12-8-13(12)10-15/h2-3,11-13,15H,4-10H2,1H3,(H,20,23). The fourth-order valence-corrected chi connectivity index (χ4v) is 4.16. The number of piperazine rings is 1. The second kappa shape index (κ2) is 6.15. The van der Waals surface area contributed by atoms with Gasteiger partial charge >= 0.3 is 6.03 Å². The lowest BCUT2D eigenvalue weighted by molar-refractivity contribution is 0.189. The molecule has 2 unspecified atom stereocenters. The highest BCUT2D eigenvalue weighted by molar-refractivity contribution is 5.75. The maximum Gasteiger partial charge on any atom is 0.317 e. The molecule has 24 heavy (non-hydrogen) atoms. The minimum Gasteiger partial charge on any atom is -0.494 e. The number of hydrogen-bond acceptors (Lipinski definition) is 3. The van der Waals surface area contributed by atoms with E-state index >= 15 is 0 Å². The monoisotopic (exact) mass is 333 g/mol. The highest BCUT2D eigenvalue weighted by atomic mass is 19.1. The van der Waals surface area contributed by atoms with Gasteiger partial charge in [0.05, 0.1) is 12.8 Å². The highest BCUT2D eigenvalue weighted by Crippen LogP contribution is 2.51. The predicted molar refractivity (Wildman–Crippen MR) is 89.9 cm³/mol. The molecule has 6 heteroatoms. The fraction of sp³-hybridized carbons (Fsp3) is 0.611. The lowest BCUT2D eigenvalue weighted by Crippen LogP contribution is -2.53. The van der Waals surface area contributed by atoms with Crippen molar-refractivity contribution in [2.45, 2.75) is 25.3 Å². The molecular formula is C18H24FN3O2. The first-order valence-corrected chi connectivity index (χ1v) is 8.78. The lowest BCUT2D eigenvalue weighted by atomic mass is 10.1. The summed E-state index contributed by atoms with van der Waals surface area (Å²) in [6, 6.07) is 5.03. The second-order valence-corrected chi connectivity index (χ2v) is 7.16. The molecule has 0 aromatic heterocycles. The third-order valence-electron chi connectivity index (χ3n) is 5.62. The lowest BCUT2D eigenvalue weighted by Gasteiger charge is -2.37. The van der Waals surface area contributed by atoms with Gasteiger partial charge in [0.2, 0.25) is 0 Å². The first-order chi connectivity index (χ1) is 11.6. The van der Waals surface area contributed by atoms with Gasteiger partial charge in [0, 0.05) is 38.3 Å². The molecule has 2 aliphatic carbocycles. The van der Waals surface area contributed by atoms with Crippen molar-refractivity contribution in [1.29, 1.82) is 0 Å². The predicted octanol–water partition coefficient (Wildman–Crippen LogP) is 2.46. The number of urea groups is 1. The van der Waals surface area contributed by atoms with Gasteiger partial charge in [0.1, 0.15) is 11.6 Å². The molecular weight excluding hydrogens is 309 g/mol. The first-order valence-electron chi connectivity index (χ1n) is 8.78. The Bertz CT molecular complexity index is 621. The van der Waals surface area contributed by atoms with Crippen LogP contribution in [-0.4, -0.2) is 50.3 Å². The minimum atomic E-state index is -0.303. The Morgan fingerprint density at radius 1 is 1.17 bits per heavy atom. The van der Waals surface area contributed by atoms with Crippen LogP contribution >= 0.6 is 0 Å². The molecule has 0 radical (unpaired) electrons. The van der Waals surface area contributed by atoms with Crippen LogP contribution in [-0.2, 0) is 0 Å². The number of benzene rings is 1. The molecule has 5 nitrogen and oxygen atoms in total. The Morgan fingerprint density at radius 2 is 1.88 bits per heavy atom. The molecule has 1 aromatic carbocycles. The van der Waals surface area contributed by atoms with Gasteiger partial charge in [0.15, 0.2) is 0 Å². The summed E-state index contributed by atoms with van der Waals surface area (Å²) in [6.45, 7) is 2.80. The van der Waals surface area contributed by atoms with E-state index < -0.39 is 0 Å². The number of halogens is 1. The first kappa shape index (κ1) is 15.5. The van der Waals surface area contributed by atoms with Crippen molar-refractivity contribution in [2.24, 2.45) is 11.8 Å². The Balaban J connectivity index is 1.32. The van der Waals surface area contributed by atoms with Crippen molar-refractivity contribution in [3.63, 3.8) is 0 Å². The third-order valence-corrected chi connectivity index (χ3v) is 5.62. The topological polar surface area (TPSA) is 44.8 Å². The molecule has 2 atom stereocenters. The number of amides is 2. The zero-order valence-corrected chi connectivity index (χ0v) is 14.0. The van der Waals surface area contributed by atoms with Crippen LogP contribution in [0.15, 0.2) is 18.2 Å². The van der Waals surface area contributed by atoms with Crippen LogP contribution in [0.5, 0.6) is 5.75 Å². The van der Waals surface area contributed by atoms with Crippen LogP contribution in [0, 0.1) is 17.7 Å². The number of carbonyl (C=O) groups excluding carboxylic acids is 1. The number of hydrogen-bond donors (Lipinski definition) is 1. The molecule has 0 spiro atoms. The molecule has 0 bridgehead atoms. The van der Waals surface area contributed by atoms with Crippen molar-refractivity contribution in [3.8, 4) is 5.75 Å². The molecule has 3 aliphatic rings. The van der Waals surface area contributed by atoms with Gasteiger partial charge in [-0.1, -0.05) is 0 Å². The highest BCUT2D eigenvalue weighted by Gasteiger charge is 2.46. The molecule has 4 rings (SSSR count). The SMILES string of the molecule is COc1cc(F)ccc1N1CCN(C(=O)NC2CC3CC3C2)CC1. The van der Waals surface area contributed by atoms with Crippen LogP contribution in [0.2, 0.25) is 0 Å². The van der Waals surface area contributed by atoms with E-state index in [4.69, 9.17) is 4.74 Å². The van der Waals surface area contributed by atoms with E-state index in [9.17, 15) is 9.18 Å². The van der Waals surface area contributed by atoms with E-state index in [1.54, 1.807) is 13.2 Å². The Labute approximate surface area is 141 Å². The zero-order valence-electron chi connectivity index (χ0n) is 14.0. The van der Waals surface area contributed by atoms with Gasteiger partial charge < -0.3 is 19.9 Å². The Kier molecular flexibility index (Phi) is 3.98. The van der Waals surface area contributed by atoms with Crippen LogP contribution < -0.4 is 15.0 Å². The number of nitrogens with zero attached hydrogens (tertiary/aromatic N) is 2. The minimum absolute atomic E-state index is 0.0621. The van der Waals surface area contributed by atoms with Crippen molar-refractivity contribution < 1.29 is 13.9 Å². The Hall–Kier alpha value is -1.98. The normalized spacial score (nSPS) is 28.5. The summed E-state index contributed by atoms with van der Waals surface area (Å²) in [5.74, 6) is 1.98. The summed E-state index contributed by atoms with van der Waals surface area (Å²) < 4.78 is 18.6. The van der Waals surface area contributed by atoms with Crippen LogP contribution in [0.3, 0.4) is 0 Å². The van der Waals surface area contributed by atoms with E-state index in [2.05, 4.69) is 10.2 Å². The van der Waals surface area contributed by atoms with E-state index in [0.29, 0.717) is 24.9 Å². The fourth-order valence-electron chi connectivity index (χ4n) is 4.16. The summed E-state index contributed by atoms with van der Waals surface area (Å²) in [6.07, 6.45) is 3.68. The summed E-state index contributed by atoms with van der Waals surface area (Å²) in [7, 11) is 1.55. The molecule has 2 saturated carbocycles. The van der Waals surface area contributed by atoms with Gasteiger partial charge in [-0.15, -0.1) is 0 Å². The smallest absolute Gasteiger partial charge is 0.317 e.